The predicted molar refractivity (Wildman–Crippen MR) is 82.1 cm³/mol. The Bertz CT molecular complexity index is 633. The van der Waals surface area contributed by atoms with Gasteiger partial charge in [0.15, 0.2) is 10.9 Å². The van der Waals surface area contributed by atoms with Crippen LogP contribution >= 0.6 is 38.9 Å². The molecule has 2 fully saturated rings. The highest BCUT2D eigenvalue weighted by molar-refractivity contribution is 9.10. The van der Waals surface area contributed by atoms with Crippen LogP contribution in [0.5, 0.6) is 0 Å². The molecule has 0 unspecified atom stereocenters. The van der Waals surface area contributed by atoms with Gasteiger partial charge in [-0.2, -0.15) is 0 Å². The molecule has 0 N–H and O–H groups in total. The fourth-order valence-electron chi connectivity index (χ4n) is 2.75. The van der Waals surface area contributed by atoms with E-state index in [0.29, 0.717) is 22.0 Å². The van der Waals surface area contributed by atoms with Crippen molar-refractivity contribution in [2.45, 2.75) is 25.0 Å². The summed E-state index contributed by atoms with van der Waals surface area (Å²) in [6.07, 6.45) is 4.74. The third kappa shape index (κ3) is 2.16. The number of anilines is 1. The van der Waals surface area contributed by atoms with Gasteiger partial charge in [-0.1, -0.05) is 11.6 Å². The Labute approximate surface area is 133 Å². The Hall–Kier alpha value is -0.630. The van der Waals surface area contributed by atoms with E-state index in [4.69, 9.17) is 16.3 Å². The Kier molecular flexibility index (Phi) is 3.25. The third-order valence-corrected chi connectivity index (χ3v) is 5.77. The van der Waals surface area contributed by atoms with E-state index in [0.717, 1.165) is 24.0 Å². The van der Waals surface area contributed by atoms with Crippen molar-refractivity contribution in [1.82, 2.24) is 14.5 Å². The first-order chi connectivity index (χ1) is 9.70. The first-order valence-corrected chi connectivity index (χ1v) is 8.50. The maximum Gasteiger partial charge on any atom is 0.187 e. The lowest BCUT2D eigenvalue weighted by Crippen LogP contribution is -2.42. The normalized spacial score (nSPS) is 25.4. The summed E-state index contributed by atoms with van der Waals surface area (Å²) >= 11 is 11.1. The zero-order valence-corrected chi connectivity index (χ0v) is 13.7. The summed E-state index contributed by atoms with van der Waals surface area (Å²) in [6.45, 7) is 1.87. The molecule has 2 aliphatic rings. The molecule has 0 spiro atoms. The number of aromatic nitrogens is 3. The maximum absolute atomic E-state index is 6.18. The lowest BCUT2D eigenvalue weighted by molar-refractivity contribution is 0.0305. The van der Waals surface area contributed by atoms with E-state index >= 15 is 0 Å². The van der Waals surface area contributed by atoms with Gasteiger partial charge in [-0.3, -0.25) is 4.57 Å². The van der Waals surface area contributed by atoms with Crippen LogP contribution in [0.4, 0.5) is 5.13 Å². The van der Waals surface area contributed by atoms with Gasteiger partial charge in [-0.25, -0.2) is 9.97 Å². The van der Waals surface area contributed by atoms with Crippen LogP contribution in [-0.2, 0) is 4.74 Å². The van der Waals surface area contributed by atoms with Gasteiger partial charge in [0.25, 0.3) is 0 Å². The molecule has 0 amide bonds. The number of hydrogen-bond donors (Lipinski definition) is 0. The standard InChI is InChI=1S/C12H12BrClN4OS/c13-10-11(14)18(6-15-10)9-5-20-12(16-9)17-3-7-1-2-8(4-17)19-7/h5-8H,1-4H2/t7-,8+. The topological polar surface area (TPSA) is 43.2 Å². The van der Waals surface area contributed by atoms with Crippen molar-refractivity contribution < 1.29 is 4.74 Å². The van der Waals surface area contributed by atoms with E-state index in [9.17, 15) is 0 Å². The summed E-state index contributed by atoms with van der Waals surface area (Å²) < 4.78 is 8.27. The molecule has 2 aromatic rings. The molecule has 106 valence electrons. The van der Waals surface area contributed by atoms with Crippen LogP contribution in [0.2, 0.25) is 5.15 Å². The second-order valence-electron chi connectivity index (χ2n) is 5.05. The molecular weight excluding hydrogens is 364 g/mol. The number of imidazole rings is 1. The van der Waals surface area contributed by atoms with Gasteiger partial charge in [-0.15, -0.1) is 11.3 Å². The lowest BCUT2D eigenvalue weighted by Gasteiger charge is -2.31. The molecule has 20 heavy (non-hydrogen) atoms. The van der Waals surface area contributed by atoms with Crippen molar-refractivity contribution in [1.29, 1.82) is 0 Å². The zero-order valence-electron chi connectivity index (χ0n) is 10.5. The minimum Gasteiger partial charge on any atom is -0.371 e. The Morgan fingerprint density at radius 1 is 1.35 bits per heavy atom. The molecular formula is C12H12BrClN4OS. The number of morpholine rings is 1. The number of thiazole rings is 1. The summed E-state index contributed by atoms with van der Waals surface area (Å²) in [5, 5.41) is 3.58. The van der Waals surface area contributed by atoms with E-state index in [-0.39, 0.29) is 0 Å². The van der Waals surface area contributed by atoms with Crippen LogP contribution in [0.15, 0.2) is 16.3 Å². The predicted octanol–water partition coefficient (Wildman–Crippen LogP) is 3.11. The fraction of sp³-hybridized carbons (Fsp3) is 0.500. The van der Waals surface area contributed by atoms with Gasteiger partial charge >= 0.3 is 0 Å². The number of nitrogens with zero attached hydrogens (tertiary/aromatic N) is 4. The van der Waals surface area contributed by atoms with Crippen molar-refractivity contribution in [3.05, 3.63) is 21.5 Å². The van der Waals surface area contributed by atoms with Crippen LogP contribution in [0.25, 0.3) is 5.82 Å². The molecule has 2 saturated heterocycles. The summed E-state index contributed by atoms with van der Waals surface area (Å²) in [5.41, 5.74) is 0. The second kappa shape index (κ2) is 4.98. The lowest BCUT2D eigenvalue weighted by atomic mass is 10.2. The first kappa shape index (κ1) is 13.1. The molecule has 2 aliphatic heterocycles. The number of ether oxygens (including phenoxy) is 1. The molecule has 4 heterocycles. The Morgan fingerprint density at radius 2 is 2.10 bits per heavy atom. The average molecular weight is 376 g/mol. The van der Waals surface area contributed by atoms with Crippen molar-refractivity contribution in [2.75, 3.05) is 18.0 Å². The first-order valence-electron chi connectivity index (χ1n) is 6.45. The minimum atomic E-state index is 0.368. The van der Waals surface area contributed by atoms with Crippen LogP contribution in [-0.4, -0.2) is 39.8 Å². The molecule has 0 radical (unpaired) electrons. The van der Waals surface area contributed by atoms with Gasteiger partial charge in [-0.05, 0) is 28.8 Å². The monoisotopic (exact) mass is 374 g/mol. The van der Waals surface area contributed by atoms with Gasteiger partial charge < -0.3 is 9.64 Å². The molecule has 2 atom stereocenters. The molecule has 8 heteroatoms. The van der Waals surface area contributed by atoms with Crippen molar-refractivity contribution in [3.63, 3.8) is 0 Å². The molecule has 4 rings (SSSR count). The molecule has 2 aromatic heterocycles. The van der Waals surface area contributed by atoms with Crippen molar-refractivity contribution >= 4 is 44.0 Å². The van der Waals surface area contributed by atoms with Gasteiger partial charge in [0.1, 0.15) is 16.1 Å². The van der Waals surface area contributed by atoms with E-state index in [1.165, 1.54) is 12.8 Å². The highest BCUT2D eigenvalue weighted by atomic mass is 79.9. The van der Waals surface area contributed by atoms with Crippen molar-refractivity contribution in [2.24, 2.45) is 0 Å². The summed E-state index contributed by atoms with van der Waals surface area (Å²) in [7, 11) is 0. The fourth-order valence-corrected chi connectivity index (χ4v) is 4.04. The molecule has 5 nitrogen and oxygen atoms in total. The Balaban J connectivity index is 1.60. The average Bonchev–Trinajstić information content (AvgIpc) is 3.12. The van der Waals surface area contributed by atoms with Crippen LogP contribution in [0.3, 0.4) is 0 Å². The molecule has 0 saturated carbocycles. The van der Waals surface area contributed by atoms with Crippen molar-refractivity contribution in [3.8, 4) is 5.82 Å². The van der Waals surface area contributed by atoms with Crippen LogP contribution < -0.4 is 4.90 Å². The summed E-state index contributed by atoms with van der Waals surface area (Å²) in [5.74, 6) is 0.812. The molecule has 2 bridgehead atoms. The van der Waals surface area contributed by atoms with Crippen LogP contribution in [0.1, 0.15) is 12.8 Å². The number of halogens is 2. The van der Waals surface area contributed by atoms with Gasteiger partial charge in [0, 0.05) is 18.5 Å². The Morgan fingerprint density at radius 3 is 2.75 bits per heavy atom. The van der Waals surface area contributed by atoms with Gasteiger partial charge in [0.2, 0.25) is 0 Å². The summed E-state index contributed by atoms with van der Waals surface area (Å²) in [4.78, 5) is 11.1. The quantitative estimate of drug-likeness (QED) is 0.809. The summed E-state index contributed by atoms with van der Waals surface area (Å²) in [6, 6.07) is 0. The maximum atomic E-state index is 6.18. The van der Waals surface area contributed by atoms with Crippen LogP contribution in [0, 0.1) is 0 Å². The molecule has 0 aliphatic carbocycles. The smallest absolute Gasteiger partial charge is 0.187 e. The number of hydrogen-bond acceptors (Lipinski definition) is 5. The van der Waals surface area contributed by atoms with E-state index in [1.807, 2.05) is 5.38 Å². The highest BCUT2D eigenvalue weighted by Gasteiger charge is 2.34. The molecule has 0 aromatic carbocycles. The number of fused-ring (bicyclic) bond motifs is 2. The third-order valence-electron chi connectivity index (χ3n) is 3.71. The SMILES string of the molecule is Clc1c(Br)ncn1-c1csc(N2C[C@H]3CC[C@@H](C2)O3)n1. The minimum absolute atomic E-state index is 0.368. The zero-order chi connectivity index (χ0) is 13.7. The van der Waals surface area contributed by atoms with E-state index < -0.39 is 0 Å². The number of rotatable bonds is 2. The van der Waals surface area contributed by atoms with E-state index in [2.05, 4.69) is 30.8 Å². The second-order valence-corrected chi connectivity index (χ2v) is 6.99. The van der Waals surface area contributed by atoms with E-state index in [1.54, 1.807) is 22.2 Å². The largest absolute Gasteiger partial charge is 0.371 e. The van der Waals surface area contributed by atoms with Gasteiger partial charge in [0.05, 0.1) is 12.2 Å². The highest BCUT2D eigenvalue weighted by Crippen LogP contribution is 2.33.